The van der Waals surface area contributed by atoms with E-state index in [-0.39, 0.29) is 18.2 Å². The van der Waals surface area contributed by atoms with Crippen molar-refractivity contribution in [3.63, 3.8) is 0 Å². The molecule has 1 amide bonds. The molecule has 29 heavy (non-hydrogen) atoms. The Bertz CT molecular complexity index is 995. The maximum absolute atomic E-state index is 14.8. The molecule has 2 unspecified atom stereocenters. The van der Waals surface area contributed by atoms with Crippen LogP contribution in [0.1, 0.15) is 40.5 Å². The second kappa shape index (κ2) is 7.07. The summed E-state index contributed by atoms with van der Waals surface area (Å²) in [6.45, 7) is 0.768. The molecule has 1 saturated carbocycles. The van der Waals surface area contributed by atoms with Crippen LogP contribution in [0.15, 0.2) is 35.6 Å². The number of aromatic nitrogens is 2. The highest BCUT2D eigenvalue weighted by atomic mass is 32.2. The van der Waals surface area contributed by atoms with Crippen molar-refractivity contribution in [3.8, 4) is 0 Å². The number of thioether (sulfide) groups is 1. The van der Waals surface area contributed by atoms with Crippen molar-refractivity contribution in [2.75, 3.05) is 24.3 Å². The van der Waals surface area contributed by atoms with Crippen LogP contribution in [0.25, 0.3) is 0 Å². The highest BCUT2D eigenvalue weighted by molar-refractivity contribution is 8.13. The molecule has 150 valence electrons. The van der Waals surface area contributed by atoms with E-state index in [1.165, 1.54) is 30.1 Å². The van der Waals surface area contributed by atoms with Crippen LogP contribution < -0.4 is 11.1 Å². The third-order valence-corrected chi connectivity index (χ3v) is 6.61. The van der Waals surface area contributed by atoms with Gasteiger partial charge in [-0.15, -0.1) is 0 Å². The Labute approximate surface area is 171 Å². The first-order valence-corrected chi connectivity index (χ1v) is 10.5. The van der Waals surface area contributed by atoms with Crippen LogP contribution in [0.3, 0.4) is 0 Å². The van der Waals surface area contributed by atoms with Crippen molar-refractivity contribution in [1.82, 2.24) is 9.97 Å². The Hall–Kier alpha value is -2.52. The van der Waals surface area contributed by atoms with E-state index in [9.17, 15) is 9.18 Å². The molecule has 2 fully saturated rings. The monoisotopic (exact) mass is 413 g/mol. The number of ether oxygens (including phenoxy) is 1. The van der Waals surface area contributed by atoms with Gasteiger partial charge in [0.25, 0.3) is 5.91 Å². The van der Waals surface area contributed by atoms with Gasteiger partial charge in [-0.05, 0) is 31.0 Å². The maximum atomic E-state index is 14.8. The smallest absolute Gasteiger partial charge is 0.275 e. The van der Waals surface area contributed by atoms with E-state index < -0.39 is 17.3 Å². The van der Waals surface area contributed by atoms with Crippen molar-refractivity contribution in [1.29, 1.82) is 0 Å². The zero-order valence-corrected chi connectivity index (χ0v) is 16.4. The zero-order chi connectivity index (χ0) is 20.0. The number of hydrogen-bond acceptors (Lipinski definition) is 7. The molecule has 7 nitrogen and oxygen atoms in total. The highest BCUT2D eigenvalue weighted by Gasteiger charge is 2.49. The number of benzene rings is 1. The lowest BCUT2D eigenvalue weighted by Crippen LogP contribution is -2.40. The average molecular weight is 413 g/mol. The second-order valence-electron chi connectivity index (χ2n) is 7.65. The molecule has 2 atom stereocenters. The Morgan fingerprint density at radius 2 is 2.17 bits per heavy atom. The minimum absolute atomic E-state index is 0.0288. The molecule has 1 aromatic heterocycles. The van der Waals surface area contributed by atoms with Crippen molar-refractivity contribution >= 4 is 28.5 Å². The van der Waals surface area contributed by atoms with Gasteiger partial charge in [0.05, 0.1) is 25.1 Å². The summed E-state index contributed by atoms with van der Waals surface area (Å²) < 4.78 is 20.4. The summed E-state index contributed by atoms with van der Waals surface area (Å²) in [5, 5.41) is 3.21. The van der Waals surface area contributed by atoms with Crippen molar-refractivity contribution < 1.29 is 13.9 Å². The number of amidine groups is 1. The van der Waals surface area contributed by atoms with E-state index >= 15 is 0 Å². The van der Waals surface area contributed by atoms with E-state index in [1.54, 1.807) is 12.3 Å². The van der Waals surface area contributed by atoms with Crippen LogP contribution in [-0.4, -0.2) is 40.0 Å². The molecule has 1 saturated heterocycles. The third-order valence-electron chi connectivity index (χ3n) is 5.65. The van der Waals surface area contributed by atoms with Gasteiger partial charge in [-0.1, -0.05) is 11.8 Å². The number of halogens is 1. The minimum atomic E-state index is -0.855. The number of nitrogens with zero attached hydrogens (tertiary/aromatic N) is 3. The molecule has 9 heteroatoms. The number of hydrogen-bond donors (Lipinski definition) is 2. The summed E-state index contributed by atoms with van der Waals surface area (Å²) >= 11 is 1.45. The maximum Gasteiger partial charge on any atom is 0.275 e. The Morgan fingerprint density at radius 1 is 1.31 bits per heavy atom. The van der Waals surface area contributed by atoms with Gasteiger partial charge in [0.15, 0.2) is 5.17 Å². The Kier molecular flexibility index (Phi) is 4.51. The molecule has 2 aromatic rings. The number of amides is 1. The molecule has 3 N–H and O–H groups in total. The van der Waals surface area contributed by atoms with E-state index in [2.05, 4.69) is 20.3 Å². The van der Waals surface area contributed by atoms with Crippen molar-refractivity contribution in [3.05, 3.63) is 53.4 Å². The van der Waals surface area contributed by atoms with Gasteiger partial charge in [-0.2, -0.15) is 0 Å². The van der Waals surface area contributed by atoms with E-state index in [0.29, 0.717) is 34.7 Å². The quantitative estimate of drug-likeness (QED) is 0.799. The molecule has 1 aliphatic carbocycles. The topological polar surface area (TPSA) is 102 Å². The number of anilines is 1. The molecular weight excluding hydrogens is 393 g/mol. The number of rotatable bonds is 4. The van der Waals surface area contributed by atoms with Gasteiger partial charge in [0.1, 0.15) is 17.1 Å². The summed E-state index contributed by atoms with van der Waals surface area (Å²) in [7, 11) is 0. The average Bonchev–Trinajstić information content (AvgIpc) is 3.49. The van der Waals surface area contributed by atoms with Crippen LogP contribution >= 0.6 is 11.8 Å². The van der Waals surface area contributed by atoms with Crippen molar-refractivity contribution in [2.45, 2.75) is 24.3 Å². The third kappa shape index (κ3) is 3.38. The predicted octanol–water partition coefficient (Wildman–Crippen LogP) is 2.65. The normalized spacial score (nSPS) is 26.0. The molecular formula is C20H20FN5O2S. The van der Waals surface area contributed by atoms with Crippen molar-refractivity contribution in [2.24, 2.45) is 16.6 Å². The van der Waals surface area contributed by atoms with Gasteiger partial charge in [0, 0.05) is 35.0 Å². The van der Waals surface area contributed by atoms with Crippen LogP contribution in [-0.2, 0) is 10.3 Å². The lowest BCUT2D eigenvalue weighted by atomic mass is 9.81. The number of fused-ring (bicyclic) bond motifs is 1. The molecule has 0 bridgehead atoms. The zero-order valence-electron chi connectivity index (χ0n) is 15.6. The van der Waals surface area contributed by atoms with E-state index in [1.807, 2.05) is 0 Å². The first-order chi connectivity index (χ1) is 14.0. The fourth-order valence-electron chi connectivity index (χ4n) is 3.87. The van der Waals surface area contributed by atoms with E-state index in [4.69, 9.17) is 10.5 Å². The molecule has 3 aliphatic rings. The largest absolute Gasteiger partial charge is 0.379 e. The second-order valence-corrected chi connectivity index (χ2v) is 8.69. The van der Waals surface area contributed by atoms with Gasteiger partial charge in [0.2, 0.25) is 0 Å². The summed E-state index contributed by atoms with van der Waals surface area (Å²) in [6.07, 6.45) is 5.38. The summed E-state index contributed by atoms with van der Waals surface area (Å²) in [5.74, 6) is 0.434. The van der Waals surface area contributed by atoms with Gasteiger partial charge in [-0.3, -0.25) is 9.78 Å². The van der Waals surface area contributed by atoms with Gasteiger partial charge in [-0.25, -0.2) is 14.4 Å². The fraction of sp³-hybridized carbons (Fsp3) is 0.400. The number of aliphatic imine (C=N–C) groups is 1. The fourth-order valence-corrected chi connectivity index (χ4v) is 4.84. The van der Waals surface area contributed by atoms with Crippen LogP contribution in [0.5, 0.6) is 0 Å². The first-order valence-electron chi connectivity index (χ1n) is 9.54. The first kappa shape index (κ1) is 18.5. The number of nitrogens with one attached hydrogen (secondary N) is 1. The lowest BCUT2D eigenvalue weighted by molar-refractivity contribution is 0.102. The number of carbonyl (C=O) groups excluding carboxylic acids is 1. The summed E-state index contributed by atoms with van der Waals surface area (Å²) in [6, 6.07) is 4.48. The summed E-state index contributed by atoms with van der Waals surface area (Å²) in [4.78, 5) is 25.7. The lowest BCUT2D eigenvalue weighted by Gasteiger charge is -2.34. The standard InChI is InChI=1S/C20H20FN5O2S/c21-15-4-3-13(25-18(27)17-7-23-16(6-24-17)11-1-2-11)5-14(15)20-10-28-8-12(20)9-29-19(22)26-20/h3-7,11-12H,1-2,8-10H2,(H2,22,26)(H,25,27). The molecule has 2 aliphatic heterocycles. The molecule has 3 heterocycles. The summed E-state index contributed by atoms with van der Waals surface area (Å²) in [5.41, 5.74) is 7.08. The minimum Gasteiger partial charge on any atom is -0.379 e. The number of nitrogens with two attached hydrogens (primary N) is 1. The van der Waals surface area contributed by atoms with Gasteiger partial charge >= 0.3 is 0 Å². The Morgan fingerprint density at radius 3 is 2.93 bits per heavy atom. The van der Waals surface area contributed by atoms with Crippen LogP contribution in [0.2, 0.25) is 0 Å². The van der Waals surface area contributed by atoms with E-state index in [0.717, 1.165) is 18.5 Å². The van der Waals surface area contributed by atoms with Crippen LogP contribution in [0.4, 0.5) is 10.1 Å². The molecule has 0 spiro atoms. The highest BCUT2D eigenvalue weighted by Crippen LogP contribution is 2.45. The molecule has 0 radical (unpaired) electrons. The van der Waals surface area contributed by atoms with Gasteiger partial charge < -0.3 is 15.8 Å². The Balaban J connectivity index is 1.42. The molecule has 1 aromatic carbocycles. The SMILES string of the molecule is NC1=NC2(c3cc(NC(=O)c4cnc(C5CC5)cn4)ccc3F)COCC2CS1. The van der Waals surface area contributed by atoms with Crippen LogP contribution in [0, 0.1) is 11.7 Å². The molecule has 5 rings (SSSR count). The predicted molar refractivity (Wildman–Crippen MR) is 108 cm³/mol. The number of carbonyl (C=O) groups is 1.